The number of hydrogen-bond donors (Lipinski definition) is 2. The second-order valence-electron chi connectivity index (χ2n) is 10.8. The van der Waals surface area contributed by atoms with Crippen LogP contribution in [-0.2, 0) is 7.05 Å². The molecule has 0 saturated carbocycles. The number of halogens is 2. The fourth-order valence-electron chi connectivity index (χ4n) is 5.13. The van der Waals surface area contributed by atoms with Crippen LogP contribution in [0.25, 0.3) is 28.0 Å². The number of hydrogen-bond acceptors (Lipinski definition) is 6. The molecule has 1 aliphatic heterocycles. The summed E-state index contributed by atoms with van der Waals surface area (Å²) in [4.78, 5) is 31.2. The Morgan fingerprint density at radius 1 is 0.977 bits per heavy atom. The summed E-state index contributed by atoms with van der Waals surface area (Å²) in [5.74, 6) is -3.00. The molecule has 2 N–H and O–H groups in total. The maximum atomic E-state index is 13.1. The Kier molecular flexibility index (Phi) is 7.34. The van der Waals surface area contributed by atoms with Crippen molar-refractivity contribution in [2.45, 2.75) is 31.7 Å². The van der Waals surface area contributed by atoms with E-state index in [4.69, 9.17) is 0 Å². The van der Waals surface area contributed by atoms with E-state index in [-0.39, 0.29) is 11.9 Å². The molecule has 1 saturated heterocycles. The zero-order chi connectivity index (χ0) is 30.1. The third-order valence-corrected chi connectivity index (χ3v) is 7.35. The minimum atomic E-state index is -3.00. The molecule has 3 amide bonds. The zero-order valence-electron chi connectivity index (χ0n) is 23.6. The Labute approximate surface area is 245 Å². The van der Waals surface area contributed by atoms with Gasteiger partial charge in [-0.25, -0.2) is 23.1 Å². The Balaban J connectivity index is 1.12. The molecular weight excluding hydrogens is 558 g/mol. The first kappa shape index (κ1) is 28.0. The van der Waals surface area contributed by atoms with E-state index in [9.17, 15) is 18.4 Å². The molecule has 5 aromatic rings. The highest BCUT2D eigenvalue weighted by Crippen LogP contribution is 2.28. The molecule has 1 aliphatic rings. The quantitative estimate of drug-likeness (QED) is 0.293. The topological polar surface area (TPSA) is 127 Å². The van der Waals surface area contributed by atoms with Gasteiger partial charge in [-0.2, -0.15) is 15.3 Å². The summed E-state index contributed by atoms with van der Waals surface area (Å²) in [6.45, 7) is 1.27. The lowest BCUT2D eigenvalue weighted by Gasteiger charge is -2.31. The van der Waals surface area contributed by atoms with Crippen molar-refractivity contribution in [3.05, 3.63) is 73.1 Å². The average Bonchev–Trinajstić information content (AvgIpc) is 3.75. The van der Waals surface area contributed by atoms with Gasteiger partial charge in [0.05, 0.1) is 48.6 Å². The number of nitrogens with one attached hydrogen (secondary N) is 2. The molecule has 4 aromatic heterocycles. The number of benzene rings is 1. The van der Waals surface area contributed by atoms with Gasteiger partial charge in [-0.1, -0.05) is 12.1 Å². The van der Waals surface area contributed by atoms with E-state index < -0.39 is 18.5 Å². The van der Waals surface area contributed by atoms with Gasteiger partial charge in [0.1, 0.15) is 0 Å². The number of rotatable bonds is 7. The summed E-state index contributed by atoms with van der Waals surface area (Å²) in [5.41, 5.74) is 4.88. The van der Waals surface area contributed by atoms with Crippen molar-refractivity contribution in [3.8, 4) is 22.4 Å². The van der Waals surface area contributed by atoms with Gasteiger partial charge in [0.15, 0.2) is 5.65 Å². The molecule has 43 heavy (non-hydrogen) atoms. The second-order valence-corrected chi connectivity index (χ2v) is 10.8. The Morgan fingerprint density at radius 2 is 1.77 bits per heavy atom. The first-order chi connectivity index (χ1) is 20.6. The van der Waals surface area contributed by atoms with Crippen molar-refractivity contribution >= 4 is 23.3 Å². The number of likely N-dealkylation sites (tertiary alicyclic amines) is 1. The predicted octanol–water partition coefficient (Wildman–Crippen LogP) is 4.25. The van der Waals surface area contributed by atoms with Gasteiger partial charge in [-0.05, 0) is 31.0 Å². The van der Waals surface area contributed by atoms with Gasteiger partial charge in [0, 0.05) is 61.8 Å². The van der Waals surface area contributed by atoms with Gasteiger partial charge in [0.25, 0.3) is 11.8 Å². The van der Waals surface area contributed by atoms with Gasteiger partial charge in [-0.15, -0.1) is 0 Å². The van der Waals surface area contributed by atoms with Crippen LogP contribution in [0, 0.1) is 0 Å². The second kappa shape index (κ2) is 11.3. The van der Waals surface area contributed by atoms with Crippen molar-refractivity contribution in [1.82, 2.24) is 44.4 Å². The van der Waals surface area contributed by atoms with E-state index in [0.717, 1.165) is 36.5 Å². The smallest absolute Gasteiger partial charge is 0.319 e. The molecule has 0 unspecified atom stereocenters. The zero-order valence-corrected chi connectivity index (χ0v) is 23.6. The van der Waals surface area contributed by atoms with Crippen LogP contribution in [0.1, 0.15) is 36.2 Å². The fourth-order valence-corrected chi connectivity index (χ4v) is 5.13. The lowest BCUT2D eigenvalue weighted by molar-refractivity contribution is 0.0257. The molecule has 0 bridgehead atoms. The third-order valence-electron chi connectivity index (χ3n) is 7.35. The van der Waals surface area contributed by atoms with Crippen molar-refractivity contribution in [2.24, 2.45) is 7.05 Å². The fraction of sp³-hybridized carbons (Fsp3) is 0.310. The molecule has 5 heterocycles. The van der Waals surface area contributed by atoms with Crippen LogP contribution in [-0.4, -0.2) is 76.6 Å². The van der Waals surface area contributed by atoms with E-state index in [1.807, 2.05) is 27.9 Å². The first-order valence-electron chi connectivity index (χ1n) is 13.8. The Bertz CT molecular complexity index is 1780. The number of aromatic nitrogens is 7. The maximum absolute atomic E-state index is 13.1. The molecule has 1 fully saturated rings. The van der Waals surface area contributed by atoms with Crippen molar-refractivity contribution < 1.29 is 18.4 Å². The summed E-state index contributed by atoms with van der Waals surface area (Å²) in [5, 5.41) is 18.0. The van der Waals surface area contributed by atoms with Crippen molar-refractivity contribution in [1.29, 1.82) is 0 Å². The molecule has 0 atom stereocenters. The monoisotopic (exact) mass is 588 g/mol. The number of nitrogens with zero attached hydrogens (tertiary/aromatic N) is 8. The van der Waals surface area contributed by atoms with Crippen LogP contribution in [0.3, 0.4) is 0 Å². The van der Waals surface area contributed by atoms with Gasteiger partial charge < -0.3 is 15.5 Å². The summed E-state index contributed by atoms with van der Waals surface area (Å²) in [6.07, 6.45) is 12.2. The highest BCUT2D eigenvalue weighted by atomic mass is 19.3. The molecule has 12 nitrogen and oxygen atoms in total. The Hall–Kier alpha value is -5.14. The number of alkyl halides is 2. The minimum absolute atomic E-state index is 0.000966. The van der Waals surface area contributed by atoms with E-state index >= 15 is 0 Å². The number of carbonyl (C=O) groups excluding carboxylic acids is 2. The maximum Gasteiger partial charge on any atom is 0.319 e. The van der Waals surface area contributed by atoms with Crippen LogP contribution in [0.15, 0.2) is 67.5 Å². The first-order valence-corrected chi connectivity index (χ1v) is 13.8. The summed E-state index contributed by atoms with van der Waals surface area (Å²) in [6, 6.07) is 8.38. The van der Waals surface area contributed by atoms with Crippen molar-refractivity contribution in [2.75, 3.05) is 25.0 Å². The average molecular weight is 589 g/mol. The number of carbonyl (C=O) groups is 2. The number of urea groups is 1. The Morgan fingerprint density at radius 3 is 2.51 bits per heavy atom. The number of piperidine rings is 1. The van der Waals surface area contributed by atoms with Crippen LogP contribution in [0.2, 0.25) is 0 Å². The lowest BCUT2D eigenvalue weighted by atomic mass is 10.0. The lowest BCUT2D eigenvalue weighted by Crippen LogP contribution is -2.39. The number of imidazole rings is 1. The summed E-state index contributed by atoms with van der Waals surface area (Å²) >= 11 is 0. The number of aryl methyl sites for hydroxylation is 1. The highest BCUT2D eigenvalue weighted by molar-refractivity contribution is 5.93. The highest BCUT2D eigenvalue weighted by Gasteiger charge is 2.26. The standard InChI is InChI=1S/C29H30F2N10O2/c1-29(30,31)18-33-28(43)37-23-5-3-4-19(10-23)25-15-32-26-11-20(12-36-41(25)26)21-13-35-40(17-21)24-6-8-39(9-7-24)27(42)22-14-34-38(2)16-22/h3-5,10-17,24H,6-9,18H2,1-2H3,(H2,33,37,43). The van der Waals surface area contributed by atoms with Gasteiger partial charge >= 0.3 is 6.03 Å². The summed E-state index contributed by atoms with van der Waals surface area (Å²) in [7, 11) is 1.79. The minimum Gasteiger partial charge on any atom is -0.338 e. The van der Waals surface area contributed by atoms with Crippen LogP contribution < -0.4 is 10.6 Å². The number of anilines is 1. The molecule has 1 aromatic carbocycles. The third kappa shape index (κ3) is 6.22. The van der Waals surface area contributed by atoms with Crippen LogP contribution >= 0.6 is 0 Å². The van der Waals surface area contributed by atoms with E-state index in [1.54, 1.807) is 65.4 Å². The number of fused-ring (bicyclic) bond motifs is 1. The predicted molar refractivity (Wildman–Crippen MR) is 155 cm³/mol. The van der Waals surface area contributed by atoms with Crippen LogP contribution in [0.4, 0.5) is 19.3 Å². The largest absolute Gasteiger partial charge is 0.338 e. The van der Waals surface area contributed by atoms with E-state index in [1.165, 1.54) is 0 Å². The van der Waals surface area contributed by atoms with E-state index in [0.29, 0.717) is 35.7 Å². The normalized spacial score (nSPS) is 14.3. The molecule has 0 aliphatic carbocycles. The van der Waals surface area contributed by atoms with Crippen molar-refractivity contribution in [3.63, 3.8) is 0 Å². The van der Waals surface area contributed by atoms with Crippen LogP contribution in [0.5, 0.6) is 0 Å². The van der Waals surface area contributed by atoms with E-state index in [2.05, 4.69) is 30.9 Å². The molecule has 6 rings (SSSR count). The molecular formula is C29H30F2N10O2. The van der Waals surface area contributed by atoms with Gasteiger partial charge in [-0.3, -0.25) is 14.2 Å². The molecule has 0 spiro atoms. The number of amides is 3. The molecule has 222 valence electrons. The molecule has 0 radical (unpaired) electrons. The SMILES string of the molecule is Cn1cc(C(=O)N2CCC(n3cc(-c4cnn5c(-c6cccc(NC(=O)NCC(C)(F)F)c6)cnc5c4)cn3)CC2)cn1. The van der Waals surface area contributed by atoms with Gasteiger partial charge in [0.2, 0.25) is 0 Å². The summed E-state index contributed by atoms with van der Waals surface area (Å²) < 4.78 is 31.4. The molecule has 14 heteroatoms.